The first-order valence-electron chi connectivity index (χ1n) is 4.54. The zero-order valence-electron chi connectivity index (χ0n) is 7.53. The average molecular weight is 242 g/mol. The van der Waals surface area contributed by atoms with Gasteiger partial charge in [0, 0.05) is 16.7 Å². The van der Waals surface area contributed by atoms with E-state index in [2.05, 4.69) is 27.8 Å². The summed E-state index contributed by atoms with van der Waals surface area (Å²) in [4.78, 5) is 4.16. The van der Waals surface area contributed by atoms with E-state index in [1.807, 2.05) is 12.1 Å². The molecule has 70 valence electrons. The number of nitrogens with zero attached hydrogens (tertiary/aromatic N) is 1. The van der Waals surface area contributed by atoms with Crippen LogP contribution in [0.1, 0.15) is 19.8 Å². The Kier molecular flexibility index (Phi) is 2.54. The molecule has 0 bridgehead atoms. The van der Waals surface area contributed by atoms with Crippen molar-refractivity contribution < 1.29 is 4.74 Å². The van der Waals surface area contributed by atoms with Crippen LogP contribution in [0.25, 0.3) is 0 Å². The van der Waals surface area contributed by atoms with E-state index >= 15 is 0 Å². The lowest BCUT2D eigenvalue weighted by molar-refractivity contribution is 0.190. The number of ether oxygens (including phenoxy) is 1. The summed E-state index contributed by atoms with van der Waals surface area (Å²) < 4.78 is 6.65. The standard InChI is InChI=1S/C10H12BrNO/c1-7(8-2-3-8)13-10-5-4-9(11)6-12-10/h4-8H,2-3H2,1H3/t7-/m0/s1. The maximum absolute atomic E-state index is 5.66. The van der Waals surface area contributed by atoms with E-state index < -0.39 is 0 Å². The fourth-order valence-corrected chi connectivity index (χ4v) is 1.52. The zero-order chi connectivity index (χ0) is 9.26. The highest BCUT2D eigenvalue weighted by atomic mass is 79.9. The number of pyridine rings is 1. The molecule has 1 atom stereocenters. The molecule has 1 aromatic heterocycles. The van der Waals surface area contributed by atoms with E-state index in [0.29, 0.717) is 6.10 Å². The number of aromatic nitrogens is 1. The van der Waals surface area contributed by atoms with Crippen LogP contribution in [-0.4, -0.2) is 11.1 Å². The minimum atomic E-state index is 0.314. The van der Waals surface area contributed by atoms with E-state index in [9.17, 15) is 0 Å². The van der Waals surface area contributed by atoms with Crippen LogP contribution < -0.4 is 4.74 Å². The van der Waals surface area contributed by atoms with Crippen molar-refractivity contribution in [2.75, 3.05) is 0 Å². The maximum atomic E-state index is 5.66. The molecule has 0 saturated heterocycles. The van der Waals surface area contributed by atoms with Gasteiger partial charge in [-0.1, -0.05) is 0 Å². The van der Waals surface area contributed by atoms with Gasteiger partial charge in [0.15, 0.2) is 0 Å². The van der Waals surface area contributed by atoms with Crippen LogP contribution in [0.5, 0.6) is 5.88 Å². The van der Waals surface area contributed by atoms with Crippen LogP contribution in [0.2, 0.25) is 0 Å². The third kappa shape index (κ3) is 2.44. The van der Waals surface area contributed by atoms with Crippen LogP contribution in [0.3, 0.4) is 0 Å². The van der Waals surface area contributed by atoms with Crippen LogP contribution in [0.4, 0.5) is 0 Å². The second-order valence-corrected chi connectivity index (χ2v) is 4.39. The fourth-order valence-electron chi connectivity index (χ4n) is 1.28. The Bertz CT molecular complexity index is 281. The van der Waals surface area contributed by atoms with Gasteiger partial charge in [-0.2, -0.15) is 0 Å². The Morgan fingerprint density at radius 1 is 1.54 bits per heavy atom. The molecule has 1 heterocycles. The molecular weight excluding hydrogens is 230 g/mol. The monoisotopic (exact) mass is 241 g/mol. The molecule has 0 spiro atoms. The van der Waals surface area contributed by atoms with Crippen molar-refractivity contribution >= 4 is 15.9 Å². The Morgan fingerprint density at radius 2 is 2.31 bits per heavy atom. The second-order valence-electron chi connectivity index (χ2n) is 3.48. The summed E-state index contributed by atoms with van der Waals surface area (Å²) in [5.74, 6) is 1.48. The highest BCUT2D eigenvalue weighted by Crippen LogP contribution is 2.34. The molecule has 0 aliphatic heterocycles. The van der Waals surface area contributed by atoms with Crippen molar-refractivity contribution in [3.63, 3.8) is 0 Å². The van der Waals surface area contributed by atoms with E-state index in [1.165, 1.54) is 12.8 Å². The molecule has 0 unspecified atom stereocenters. The number of hydrogen-bond acceptors (Lipinski definition) is 2. The van der Waals surface area contributed by atoms with Gasteiger partial charge in [-0.25, -0.2) is 4.98 Å². The van der Waals surface area contributed by atoms with Crippen molar-refractivity contribution in [1.82, 2.24) is 4.98 Å². The normalized spacial score (nSPS) is 18.3. The number of halogens is 1. The quantitative estimate of drug-likeness (QED) is 0.812. The molecule has 0 amide bonds. The Morgan fingerprint density at radius 3 is 2.85 bits per heavy atom. The van der Waals surface area contributed by atoms with Crippen molar-refractivity contribution in [3.8, 4) is 5.88 Å². The summed E-state index contributed by atoms with van der Waals surface area (Å²) in [6.07, 6.45) is 4.68. The average Bonchev–Trinajstić information content (AvgIpc) is 2.91. The third-order valence-electron chi connectivity index (χ3n) is 2.29. The molecule has 1 aromatic rings. The Labute approximate surface area is 86.5 Å². The topological polar surface area (TPSA) is 22.1 Å². The van der Waals surface area contributed by atoms with Crippen molar-refractivity contribution in [2.45, 2.75) is 25.9 Å². The van der Waals surface area contributed by atoms with Gasteiger partial charge in [0.25, 0.3) is 0 Å². The third-order valence-corrected chi connectivity index (χ3v) is 2.76. The molecule has 1 aliphatic carbocycles. The zero-order valence-corrected chi connectivity index (χ0v) is 9.12. The summed E-state index contributed by atoms with van der Waals surface area (Å²) in [5, 5.41) is 0. The highest BCUT2D eigenvalue weighted by molar-refractivity contribution is 9.10. The number of rotatable bonds is 3. The van der Waals surface area contributed by atoms with Crippen LogP contribution in [0.15, 0.2) is 22.8 Å². The minimum absolute atomic E-state index is 0.314. The van der Waals surface area contributed by atoms with E-state index in [4.69, 9.17) is 4.74 Å². The van der Waals surface area contributed by atoms with E-state index in [1.54, 1.807) is 6.20 Å². The Hall–Kier alpha value is -0.570. The lowest BCUT2D eigenvalue weighted by Gasteiger charge is -2.12. The van der Waals surface area contributed by atoms with Crippen LogP contribution >= 0.6 is 15.9 Å². The van der Waals surface area contributed by atoms with E-state index in [0.717, 1.165) is 16.3 Å². The molecule has 0 radical (unpaired) electrons. The summed E-state index contributed by atoms with van der Waals surface area (Å²) in [5.41, 5.74) is 0. The molecule has 1 saturated carbocycles. The molecule has 1 fully saturated rings. The largest absolute Gasteiger partial charge is 0.474 e. The van der Waals surface area contributed by atoms with Gasteiger partial charge < -0.3 is 4.74 Å². The van der Waals surface area contributed by atoms with Crippen molar-refractivity contribution in [2.24, 2.45) is 5.92 Å². The van der Waals surface area contributed by atoms with Gasteiger partial charge in [-0.3, -0.25) is 0 Å². The van der Waals surface area contributed by atoms with Gasteiger partial charge in [-0.05, 0) is 47.7 Å². The first-order chi connectivity index (χ1) is 6.25. The van der Waals surface area contributed by atoms with Gasteiger partial charge >= 0.3 is 0 Å². The lowest BCUT2D eigenvalue weighted by Crippen LogP contribution is -2.14. The fraction of sp³-hybridized carbons (Fsp3) is 0.500. The van der Waals surface area contributed by atoms with Gasteiger partial charge in [0.1, 0.15) is 6.10 Å². The van der Waals surface area contributed by atoms with Gasteiger partial charge in [0.2, 0.25) is 5.88 Å². The molecular formula is C10H12BrNO. The predicted octanol–water partition coefficient (Wildman–Crippen LogP) is 3.02. The predicted molar refractivity (Wildman–Crippen MR) is 54.8 cm³/mol. The SMILES string of the molecule is C[C@H](Oc1ccc(Br)cn1)C1CC1. The lowest BCUT2D eigenvalue weighted by atomic mass is 10.3. The molecule has 3 heteroatoms. The molecule has 13 heavy (non-hydrogen) atoms. The molecule has 0 N–H and O–H groups in total. The molecule has 2 nitrogen and oxygen atoms in total. The Balaban J connectivity index is 1.96. The van der Waals surface area contributed by atoms with E-state index in [-0.39, 0.29) is 0 Å². The first-order valence-corrected chi connectivity index (χ1v) is 5.33. The summed E-state index contributed by atoms with van der Waals surface area (Å²) >= 11 is 3.33. The summed E-state index contributed by atoms with van der Waals surface area (Å²) in [6, 6.07) is 3.84. The van der Waals surface area contributed by atoms with Crippen molar-refractivity contribution in [3.05, 3.63) is 22.8 Å². The molecule has 1 aliphatic rings. The smallest absolute Gasteiger partial charge is 0.213 e. The van der Waals surface area contributed by atoms with Crippen LogP contribution in [-0.2, 0) is 0 Å². The second kappa shape index (κ2) is 3.66. The summed E-state index contributed by atoms with van der Waals surface area (Å²) in [7, 11) is 0. The van der Waals surface area contributed by atoms with Gasteiger partial charge in [0.05, 0.1) is 0 Å². The number of hydrogen-bond donors (Lipinski definition) is 0. The van der Waals surface area contributed by atoms with Crippen LogP contribution in [0, 0.1) is 5.92 Å². The maximum Gasteiger partial charge on any atom is 0.213 e. The van der Waals surface area contributed by atoms with Gasteiger partial charge in [-0.15, -0.1) is 0 Å². The first kappa shape index (κ1) is 9.00. The molecule has 2 rings (SSSR count). The molecule has 0 aromatic carbocycles. The minimum Gasteiger partial charge on any atom is -0.474 e. The highest BCUT2D eigenvalue weighted by Gasteiger charge is 2.29. The van der Waals surface area contributed by atoms with Crippen molar-refractivity contribution in [1.29, 1.82) is 0 Å². The summed E-state index contributed by atoms with van der Waals surface area (Å²) in [6.45, 7) is 2.11.